The SMILES string of the molecule is CCCC1(Cn2nnnc2-c2cc(Cl)ccc2N)CC1. The zero-order valence-electron chi connectivity index (χ0n) is 11.5. The van der Waals surface area contributed by atoms with Gasteiger partial charge in [0, 0.05) is 16.3 Å². The minimum absolute atomic E-state index is 0.381. The first-order valence-corrected chi connectivity index (χ1v) is 7.33. The van der Waals surface area contributed by atoms with Crippen molar-refractivity contribution in [3.05, 3.63) is 23.2 Å². The van der Waals surface area contributed by atoms with E-state index in [9.17, 15) is 0 Å². The molecule has 20 heavy (non-hydrogen) atoms. The van der Waals surface area contributed by atoms with Gasteiger partial charge in [-0.3, -0.25) is 0 Å². The summed E-state index contributed by atoms with van der Waals surface area (Å²) in [4.78, 5) is 0. The number of anilines is 1. The maximum atomic E-state index is 6.05. The Labute approximate surface area is 123 Å². The van der Waals surface area contributed by atoms with Crippen LogP contribution in [0.15, 0.2) is 18.2 Å². The molecule has 1 aromatic heterocycles. The van der Waals surface area contributed by atoms with E-state index in [0.29, 0.717) is 21.9 Å². The van der Waals surface area contributed by atoms with Crippen molar-refractivity contribution >= 4 is 17.3 Å². The van der Waals surface area contributed by atoms with Gasteiger partial charge in [0.25, 0.3) is 0 Å². The number of rotatable bonds is 5. The summed E-state index contributed by atoms with van der Waals surface area (Å²) < 4.78 is 1.87. The monoisotopic (exact) mass is 291 g/mol. The summed E-state index contributed by atoms with van der Waals surface area (Å²) in [6, 6.07) is 5.38. The van der Waals surface area contributed by atoms with E-state index in [0.717, 1.165) is 12.1 Å². The van der Waals surface area contributed by atoms with E-state index in [2.05, 4.69) is 22.4 Å². The highest BCUT2D eigenvalue weighted by molar-refractivity contribution is 6.31. The largest absolute Gasteiger partial charge is 0.398 e. The van der Waals surface area contributed by atoms with Crippen LogP contribution in [0.5, 0.6) is 0 Å². The van der Waals surface area contributed by atoms with E-state index < -0.39 is 0 Å². The molecule has 0 radical (unpaired) electrons. The molecule has 1 aromatic carbocycles. The molecule has 3 rings (SSSR count). The van der Waals surface area contributed by atoms with Crippen molar-refractivity contribution in [3.63, 3.8) is 0 Å². The van der Waals surface area contributed by atoms with Gasteiger partial charge in [-0.25, -0.2) is 4.68 Å². The normalized spacial score (nSPS) is 16.3. The maximum absolute atomic E-state index is 6.05. The average molecular weight is 292 g/mol. The Morgan fingerprint density at radius 2 is 2.20 bits per heavy atom. The molecule has 0 saturated heterocycles. The second-order valence-corrected chi connectivity index (χ2v) is 6.08. The zero-order valence-corrected chi connectivity index (χ0v) is 12.3. The van der Waals surface area contributed by atoms with Crippen molar-refractivity contribution in [1.82, 2.24) is 20.2 Å². The van der Waals surface area contributed by atoms with Gasteiger partial charge in [-0.2, -0.15) is 0 Å². The van der Waals surface area contributed by atoms with Gasteiger partial charge in [0.2, 0.25) is 0 Å². The van der Waals surface area contributed by atoms with E-state index in [1.54, 1.807) is 12.1 Å². The van der Waals surface area contributed by atoms with Crippen LogP contribution in [0, 0.1) is 5.41 Å². The molecule has 0 unspecified atom stereocenters. The third-order valence-electron chi connectivity index (χ3n) is 4.01. The van der Waals surface area contributed by atoms with Gasteiger partial charge in [0.1, 0.15) is 0 Å². The Morgan fingerprint density at radius 3 is 2.90 bits per heavy atom. The van der Waals surface area contributed by atoms with Crippen molar-refractivity contribution in [1.29, 1.82) is 0 Å². The van der Waals surface area contributed by atoms with Crippen molar-refractivity contribution < 1.29 is 0 Å². The lowest BCUT2D eigenvalue weighted by Gasteiger charge is -2.15. The molecule has 0 atom stereocenters. The Kier molecular flexibility index (Phi) is 3.38. The topological polar surface area (TPSA) is 69.6 Å². The van der Waals surface area contributed by atoms with Crippen LogP contribution in [0.3, 0.4) is 0 Å². The molecule has 2 N–H and O–H groups in total. The van der Waals surface area contributed by atoms with Crippen molar-refractivity contribution in [2.75, 3.05) is 5.73 Å². The zero-order chi connectivity index (χ0) is 14.2. The molecule has 106 valence electrons. The van der Waals surface area contributed by atoms with Crippen LogP contribution in [0.4, 0.5) is 5.69 Å². The highest BCUT2D eigenvalue weighted by Crippen LogP contribution is 2.51. The average Bonchev–Trinajstić information content (AvgIpc) is 3.01. The lowest BCUT2D eigenvalue weighted by molar-refractivity contribution is 0.365. The number of nitrogens with two attached hydrogens (primary N) is 1. The van der Waals surface area contributed by atoms with Gasteiger partial charge in [0.05, 0.1) is 6.54 Å². The fraction of sp³-hybridized carbons (Fsp3) is 0.500. The van der Waals surface area contributed by atoms with E-state index in [1.165, 1.54) is 25.7 Å². The first-order valence-electron chi connectivity index (χ1n) is 6.95. The molecular formula is C14H18ClN5. The van der Waals surface area contributed by atoms with Crippen molar-refractivity contribution in [2.24, 2.45) is 5.41 Å². The number of nitrogen functional groups attached to an aromatic ring is 1. The van der Waals surface area contributed by atoms with Crippen LogP contribution in [0.1, 0.15) is 32.6 Å². The minimum atomic E-state index is 0.381. The fourth-order valence-corrected chi connectivity index (χ4v) is 2.91. The summed E-state index contributed by atoms with van der Waals surface area (Å²) in [5.74, 6) is 0.701. The lowest BCUT2D eigenvalue weighted by atomic mass is 10.0. The molecule has 1 aliphatic carbocycles. The van der Waals surface area contributed by atoms with Gasteiger partial charge in [-0.15, -0.1) is 5.10 Å². The first kappa shape index (κ1) is 13.4. The number of nitrogens with zero attached hydrogens (tertiary/aromatic N) is 4. The van der Waals surface area contributed by atoms with Crippen LogP contribution >= 0.6 is 11.6 Å². The molecule has 0 amide bonds. The number of halogens is 1. The van der Waals surface area contributed by atoms with Crippen LogP contribution in [-0.4, -0.2) is 20.2 Å². The third-order valence-corrected chi connectivity index (χ3v) is 4.25. The molecular weight excluding hydrogens is 274 g/mol. The van der Waals surface area contributed by atoms with Crippen molar-refractivity contribution in [3.8, 4) is 11.4 Å². The quantitative estimate of drug-likeness (QED) is 0.859. The molecule has 6 heteroatoms. The lowest BCUT2D eigenvalue weighted by Crippen LogP contribution is -2.14. The van der Waals surface area contributed by atoms with E-state index in [4.69, 9.17) is 17.3 Å². The van der Waals surface area contributed by atoms with Crippen LogP contribution in [0.2, 0.25) is 5.02 Å². The predicted molar refractivity (Wildman–Crippen MR) is 79.3 cm³/mol. The smallest absolute Gasteiger partial charge is 0.184 e. The summed E-state index contributed by atoms with van der Waals surface area (Å²) in [5.41, 5.74) is 7.85. The second kappa shape index (κ2) is 5.05. The summed E-state index contributed by atoms with van der Waals surface area (Å²) in [7, 11) is 0. The summed E-state index contributed by atoms with van der Waals surface area (Å²) in [6.07, 6.45) is 4.92. The van der Waals surface area contributed by atoms with E-state index in [1.807, 2.05) is 10.7 Å². The highest BCUT2D eigenvalue weighted by atomic mass is 35.5. The Balaban J connectivity index is 1.92. The second-order valence-electron chi connectivity index (χ2n) is 5.64. The number of hydrogen-bond donors (Lipinski definition) is 1. The summed E-state index contributed by atoms with van der Waals surface area (Å²) in [6.45, 7) is 3.07. The van der Waals surface area contributed by atoms with E-state index in [-0.39, 0.29) is 0 Å². The van der Waals surface area contributed by atoms with Gasteiger partial charge in [-0.05, 0) is 53.3 Å². The fourth-order valence-electron chi connectivity index (χ4n) is 2.74. The Hall–Kier alpha value is -1.62. The predicted octanol–water partition coefficient (Wildman–Crippen LogP) is 3.16. The third kappa shape index (κ3) is 2.50. The number of benzene rings is 1. The molecule has 1 saturated carbocycles. The molecule has 2 aromatic rings. The van der Waals surface area contributed by atoms with Crippen LogP contribution < -0.4 is 5.73 Å². The van der Waals surface area contributed by atoms with Gasteiger partial charge in [-0.1, -0.05) is 24.9 Å². The Morgan fingerprint density at radius 1 is 1.40 bits per heavy atom. The molecule has 0 aliphatic heterocycles. The molecule has 0 spiro atoms. The standard InChI is InChI=1S/C14H18ClN5/c1-2-5-14(6-7-14)9-20-13(17-18-19-20)11-8-10(15)3-4-12(11)16/h3-4,8H,2,5-7,9,16H2,1H3. The highest BCUT2D eigenvalue weighted by Gasteiger charge is 2.42. The van der Waals surface area contributed by atoms with Gasteiger partial charge in [0.15, 0.2) is 5.82 Å². The Bertz CT molecular complexity index is 618. The minimum Gasteiger partial charge on any atom is -0.398 e. The molecule has 1 heterocycles. The molecule has 1 aliphatic rings. The maximum Gasteiger partial charge on any atom is 0.184 e. The number of hydrogen-bond acceptors (Lipinski definition) is 4. The van der Waals surface area contributed by atoms with E-state index >= 15 is 0 Å². The molecule has 5 nitrogen and oxygen atoms in total. The van der Waals surface area contributed by atoms with Gasteiger partial charge >= 0.3 is 0 Å². The summed E-state index contributed by atoms with van der Waals surface area (Å²) >= 11 is 6.05. The molecule has 1 fully saturated rings. The molecule has 0 bridgehead atoms. The van der Waals surface area contributed by atoms with Gasteiger partial charge < -0.3 is 5.73 Å². The summed E-state index contributed by atoms with van der Waals surface area (Å²) in [5, 5.41) is 12.7. The number of aromatic nitrogens is 4. The number of tetrazole rings is 1. The van der Waals surface area contributed by atoms with Crippen LogP contribution in [0.25, 0.3) is 11.4 Å². The van der Waals surface area contributed by atoms with Crippen molar-refractivity contribution in [2.45, 2.75) is 39.2 Å². The first-order chi connectivity index (χ1) is 9.63. The van der Waals surface area contributed by atoms with Crippen LogP contribution in [-0.2, 0) is 6.54 Å².